The molecule has 0 saturated heterocycles. The van der Waals surface area contributed by atoms with Crippen LogP contribution in [-0.4, -0.2) is 0 Å². The maximum Gasteiger partial charge on any atom is 0.0414 e. The highest BCUT2D eigenvalue weighted by molar-refractivity contribution is 5.42. The van der Waals surface area contributed by atoms with E-state index in [0.29, 0.717) is 0 Å². The molecular formula is C14H17N. The lowest BCUT2D eigenvalue weighted by Crippen LogP contribution is -2.03. The molecule has 0 unspecified atom stereocenters. The summed E-state index contributed by atoms with van der Waals surface area (Å²) in [5.74, 6) is 0. The van der Waals surface area contributed by atoms with Gasteiger partial charge in [-0.3, -0.25) is 0 Å². The molecule has 0 amide bonds. The molecule has 78 valence electrons. The molecule has 0 atom stereocenters. The Labute approximate surface area is 91.9 Å². The fourth-order valence-electron chi connectivity index (χ4n) is 1.45. The molecule has 0 spiro atoms. The third-order valence-electron chi connectivity index (χ3n) is 2.15. The smallest absolute Gasteiger partial charge is 0.0414 e. The molecule has 1 heterocycles. The van der Waals surface area contributed by atoms with Crippen molar-refractivity contribution in [3.8, 4) is 0 Å². The van der Waals surface area contributed by atoms with Crippen LogP contribution < -0.4 is 5.32 Å². The number of allylic oxidation sites excluding steroid dienone is 8. The van der Waals surface area contributed by atoms with Gasteiger partial charge in [-0.1, -0.05) is 43.5 Å². The first-order chi connectivity index (χ1) is 7.31. The second-order valence-electron chi connectivity index (χ2n) is 3.26. The normalized spacial score (nSPS) is 19.1. The van der Waals surface area contributed by atoms with Crippen LogP contribution in [0.5, 0.6) is 0 Å². The minimum Gasteiger partial charge on any atom is -0.358 e. The molecule has 0 aromatic heterocycles. The summed E-state index contributed by atoms with van der Waals surface area (Å²) in [6, 6.07) is 0. The van der Waals surface area contributed by atoms with Gasteiger partial charge in [0.15, 0.2) is 0 Å². The van der Waals surface area contributed by atoms with Gasteiger partial charge in [-0.05, 0) is 24.6 Å². The second-order valence-corrected chi connectivity index (χ2v) is 3.26. The Morgan fingerprint density at radius 1 is 1.27 bits per heavy atom. The number of rotatable bonds is 4. The van der Waals surface area contributed by atoms with Crippen molar-refractivity contribution in [3.05, 3.63) is 72.7 Å². The van der Waals surface area contributed by atoms with Gasteiger partial charge in [0.25, 0.3) is 0 Å². The van der Waals surface area contributed by atoms with Crippen LogP contribution in [0.4, 0.5) is 0 Å². The van der Waals surface area contributed by atoms with E-state index >= 15 is 0 Å². The van der Waals surface area contributed by atoms with Crippen molar-refractivity contribution in [2.24, 2.45) is 0 Å². The van der Waals surface area contributed by atoms with E-state index in [1.165, 1.54) is 11.3 Å². The Morgan fingerprint density at radius 3 is 2.67 bits per heavy atom. The molecule has 0 bridgehead atoms. The van der Waals surface area contributed by atoms with Crippen LogP contribution in [0.3, 0.4) is 0 Å². The van der Waals surface area contributed by atoms with E-state index in [-0.39, 0.29) is 0 Å². The zero-order chi connectivity index (χ0) is 11.1. The summed E-state index contributed by atoms with van der Waals surface area (Å²) in [6.07, 6.45) is 14.6. The van der Waals surface area contributed by atoms with Crippen LogP contribution >= 0.6 is 0 Å². The third-order valence-corrected chi connectivity index (χ3v) is 2.15. The highest BCUT2D eigenvalue weighted by Crippen LogP contribution is 2.22. The van der Waals surface area contributed by atoms with E-state index in [9.17, 15) is 0 Å². The van der Waals surface area contributed by atoms with Gasteiger partial charge in [-0.15, -0.1) is 0 Å². The topological polar surface area (TPSA) is 12.0 Å². The van der Waals surface area contributed by atoms with Crippen LogP contribution in [-0.2, 0) is 0 Å². The zero-order valence-electron chi connectivity index (χ0n) is 9.16. The van der Waals surface area contributed by atoms with Gasteiger partial charge in [0.05, 0.1) is 0 Å². The lowest BCUT2D eigenvalue weighted by atomic mass is 10.1. The fourth-order valence-corrected chi connectivity index (χ4v) is 1.45. The lowest BCUT2D eigenvalue weighted by Gasteiger charge is -1.98. The summed E-state index contributed by atoms with van der Waals surface area (Å²) in [4.78, 5) is 0. The minimum absolute atomic E-state index is 0.921. The average molecular weight is 199 g/mol. The molecule has 1 aliphatic heterocycles. The van der Waals surface area contributed by atoms with Crippen LogP contribution in [0, 0.1) is 0 Å². The Morgan fingerprint density at radius 2 is 2.07 bits per heavy atom. The van der Waals surface area contributed by atoms with Gasteiger partial charge in [0.1, 0.15) is 0 Å². The molecule has 0 aromatic carbocycles. The molecule has 1 rings (SSSR count). The van der Waals surface area contributed by atoms with Gasteiger partial charge < -0.3 is 5.32 Å². The highest BCUT2D eigenvalue weighted by atomic mass is 14.9. The SMILES string of the molecule is C=C/C=C\C=C1/CC(C=C)=C(/C=C\C)N1. The summed E-state index contributed by atoms with van der Waals surface area (Å²) in [5.41, 5.74) is 3.58. The van der Waals surface area contributed by atoms with E-state index in [0.717, 1.165) is 12.1 Å². The summed E-state index contributed by atoms with van der Waals surface area (Å²) in [7, 11) is 0. The molecule has 15 heavy (non-hydrogen) atoms. The standard InChI is InChI=1S/C14H17N/c1-4-7-8-10-13-11-12(6-3)14(15-13)9-5-2/h4-10,15H,1,3,11H2,2H3/b8-7-,9-5-,13-10+. The Bertz CT molecular complexity index is 365. The van der Waals surface area contributed by atoms with Crippen LogP contribution in [0.1, 0.15) is 13.3 Å². The molecule has 0 saturated carbocycles. The second kappa shape index (κ2) is 5.86. The van der Waals surface area contributed by atoms with E-state index in [4.69, 9.17) is 0 Å². The van der Waals surface area contributed by atoms with E-state index < -0.39 is 0 Å². The molecule has 0 radical (unpaired) electrons. The Balaban J connectivity index is 2.76. The quantitative estimate of drug-likeness (QED) is 0.682. The van der Waals surface area contributed by atoms with Crippen LogP contribution in [0.15, 0.2) is 72.7 Å². The summed E-state index contributed by atoms with van der Waals surface area (Å²) < 4.78 is 0. The molecule has 1 N–H and O–H groups in total. The van der Waals surface area contributed by atoms with Crippen molar-refractivity contribution in [2.75, 3.05) is 0 Å². The maximum absolute atomic E-state index is 3.81. The van der Waals surface area contributed by atoms with Crippen LogP contribution in [0.25, 0.3) is 0 Å². The molecular weight excluding hydrogens is 182 g/mol. The molecule has 1 heteroatoms. The Hall–Kier alpha value is -1.76. The molecule has 1 nitrogen and oxygen atoms in total. The van der Waals surface area contributed by atoms with Crippen LogP contribution in [0.2, 0.25) is 0 Å². The van der Waals surface area contributed by atoms with Gasteiger partial charge in [0.2, 0.25) is 0 Å². The van der Waals surface area contributed by atoms with Gasteiger partial charge >= 0.3 is 0 Å². The van der Waals surface area contributed by atoms with Crippen molar-refractivity contribution in [2.45, 2.75) is 13.3 Å². The van der Waals surface area contributed by atoms with Crippen molar-refractivity contribution in [1.29, 1.82) is 0 Å². The third kappa shape index (κ3) is 3.13. The monoisotopic (exact) mass is 199 g/mol. The molecule has 1 aliphatic rings. The Kier molecular flexibility index (Phi) is 4.42. The van der Waals surface area contributed by atoms with Crippen molar-refractivity contribution in [1.82, 2.24) is 5.32 Å². The van der Waals surface area contributed by atoms with Gasteiger partial charge in [-0.2, -0.15) is 0 Å². The summed E-state index contributed by atoms with van der Waals surface area (Å²) >= 11 is 0. The number of nitrogens with one attached hydrogen (secondary N) is 1. The van der Waals surface area contributed by atoms with Crippen molar-refractivity contribution in [3.63, 3.8) is 0 Å². The van der Waals surface area contributed by atoms with E-state index in [2.05, 4.69) is 30.6 Å². The predicted octanol–water partition coefficient (Wildman–Crippen LogP) is 3.62. The molecule has 0 aliphatic carbocycles. The average Bonchev–Trinajstić information content (AvgIpc) is 2.62. The lowest BCUT2D eigenvalue weighted by molar-refractivity contribution is 1.03. The van der Waals surface area contributed by atoms with Crippen molar-refractivity contribution < 1.29 is 0 Å². The number of hydrogen-bond donors (Lipinski definition) is 1. The van der Waals surface area contributed by atoms with E-state index in [1.54, 1.807) is 6.08 Å². The minimum atomic E-state index is 0.921. The summed E-state index contributed by atoms with van der Waals surface area (Å²) in [5, 5.41) is 3.35. The first kappa shape index (κ1) is 11.3. The number of hydrogen-bond acceptors (Lipinski definition) is 1. The molecule has 0 aromatic rings. The van der Waals surface area contributed by atoms with Crippen molar-refractivity contribution >= 4 is 0 Å². The fraction of sp³-hybridized carbons (Fsp3) is 0.143. The highest BCUT2D eigenvalue weighted by Gasteiger charge is 2.12. The first-order valence-corrected chi connectivity index (χ1v) is 5.05. The van der Waals surface area contributed by atoms with Gasteiger partial charge in [0, 0.05) is 17.8 Å². The first-order valence-electron chi connectivity index (χ1n) is 5.05. The maximum atomic E-state index is 3.81. The van der Waals surface area contributed by atoms with E-state index in [1.807, 2.05) is 31.2 Å². The zero-order valence-corrected chi connectivity index (χ0v) is 9.16. The largest absolute Gasteiger partial charge is 0.358 e. The van der Waals surface area contributed by atoms with Gasteiger partial charge in [-0.25, -0.2) is 0 Å². The molecule has 0 fully saturated rings. The summed E-state index contributed by atoms with van der Waals surface area (Å²) in [6.45, 7) is 9.45. The predicted molar refractivity (Wildman–Crippen MR) is 67.2 cm³/mol.